The summed E-state index contributed by atoms with van der Waals surface area (Å²) in [5.74, 6) is 4.53. The first kappa shape index (κ1) is 24.1. The lowest BCUT2D eigenvalue weighted by Gasteiger charge is -2.43. The van der Waals surface area contributed by atoms with Crippen LogP contribution in [0.5, 0.6) is 5.75 Å². The van der Waals surface area contributed by atoms with Crippen LogP contribution in [0.25, 0.3) is 0 Å². The summed E-state index contributed by atoms with van der Waals surface area (Å²) >= 11 is 2.21. The van der Waals surface area contributed by atoms with E-state index in [1.807, 2.05) is 18.2 Å². The molecule has 0 spiro atoms. The lowest BCUT2D eigenvalue weighted by molar-refractivity contribution is 0.224. The predicted molar refractivity (Wildman–Crippen MR) is 156 cm³/mol. The van der Waals surface area contributed by atoms with Crippen LogP contribution in [0.3, 0.4) is 0 Å². The van der Waals surface area contributed by atoms with Crippen LogP contribution in [-0.4, -0.2) is 28.4 Å². The molecule has 2 heterocycles. The van der Waals surface area contributed by atoms with Gasteiger partial charge in [0.2, 0.25) is 0 Å². The number of fused-ring (bicyclic) bond motifs is 5. The molecule has 1 aromatic rings. The van der Waals surface area contributed by atoms with Gasteiger partial charge in [-0.2, -0.15) is 0 Å². The van der Waals surface area contributed by atoms with E-state index in [-0.39, 0.29) is 11.9 Å². The number of phenolic OH excluding ortho intramolecular Hbond substituents is 1. The van der Waals surface area contributed by atoms with Crippen LogP contribution in [0.4, 0.5) is 0 Å². The summed E-state index contributed by atoms with van der Waals surface area (Å²) < 4.78 is 5.69. The van der Waals surface area contributed by atoms with Crippen LogP contribution in [0.15, 0.2) is 101 Å². The Kier molecular flexibility index (Phi) is 6.35. The van der Waals surface area contributed by atoms with E-state index in [1.165, 1.54) is 12.0 Å². The van der Waals surface area contributed by atoms with Crippen molar-refractivity contribution in [1.82, 2.24) is 5.32 Å². The number of rotatable bonds is 4. The highest BCUT2D eigenvalue weighted by Crippen LogP contribution is 2.58. The van der Waals surface area contributed by atoms with E-state index in [9.17, 15) is 5.11 Å². The second kappa shape index (κ2) is 10.00. The van der Waals surface area contributed by atoms with Crippen LogP contribution < -0.4 is 5.32 Å². The Morgan fingerprint density at radius 2 is 1.95 bits per heavy atom. The Morgan fingerprint density at radius 1 is 1.03 bits per heavy atom. The van der Waals surface area contributed by atoms with Crippen molar-refractivity contribution in [2.24, 2.45) is 40.5 Å². The van der Waals surface area contributed by atoms with Gasteiger partial charge in [0.05, 0.1) is 12.8 Å². The summed E-state index contributed by atoms with van der Waals surface area (Å²) in [5, 5.41) is 15.1. The molecule has 2 aliphatic heterocycles. The summed E-state index contributed by atoms with van der Waals surface area (Å²) in [7, 11) is 1.69. The van der Waals surface area contributed by atoms with Gasteiger partial charge in [-0.05, 0) is 72.8 Å². The topological polar surface area (TPSA) is 53.9 Å². The molecule has 196 valence electrons. The molecule has 0 radical (unpaired) electrons. The minimum atomic E-state index is -0.373. The lowest BCUT2D eigenvalue weighted by atomic mass is 9.61. The number of thioether (sulfide) groups is 1. The molecule has 9 unspecified atom stereocenters. The number of aliphatic imine (C=N–C) groups is 1. The third kappa shape index (κ3) is 4.20. The third-order valence-electron chi connectivity index (χ3n) is 9.45. The molecule has 1 saturated heterocycles. The molecule has 4 nitrogen and oxygen atoms in total. The van der Waals surface area contributed by atoms with Gasteiger partial charge in [-0.15, -0.1) is 11.8 Å². The van der Waals surface area contributed by atoms with Crippen molar-refractivity contribution in [2.75, 3.05) is 7.11 Å². The van der Waals surface area contributed by atoms with Gasteiger partial charge in [0.25, 0.3) is 0 Å². The lowest BCUT2D eigenvalue weighted by Crippen LogP contribution is -2.40. The Labute approximate surface area is 230 Å². The van der Waals surface area contributed by atoms with Crippen molar-refractivity contribution >= 4 is 17.5 Å². The minimum Gasteiger partial charge on any atom is -0.508 e. The molecule has 2 N–H and O–H groups in total. The van der Waals surface area contributed by atoms with Gasteiger partial charge < -0.3 is 15.2 Å². The van der Waals surface area contributed by atoms with Gasteiger partial charge in [0.15, 0.2) is 12.0 Å². The minimum absolute atomic E-state index is 0.252. The SMILES string of the molecule is COC1=CC(C2=CC3SC4CC(C5C=CC=CC5)C=CC4C3C3C=CCCC23)=NC(c2ccccc2O)N1. The van der Waals surface area contributed by atoms with Gasteiger partial charge >= 0.3 is 0 Å². The van der Waals surface area contributed by atoms with Crippen molar-refractivity contribution in [2.45, 2.75) is 42.3 Å². The molecule has 0 bridgehead atoms. The maximum absolute atomic E-state index is 10.6. The van der Waals surface area contributed by atoms with Gasteiger partial charge in [-0.25, -0.2) is 0 Å². The molecule has 0 saturated carbocycles. The molecule has 1 aromatic carbocycles. The highest BCUT2D eigenvalue weighted by molar-refractivity contribution is 8.01. The maximum atomic E-state index is 10.6. The third-order valence-corrected chi connectivity index (χ3v) is 11.1. The van der Waals surface area contributed by atoms with Gasteiger partial charge in [0.1, 0.15) is 5.75 Å². The van der Waals surface area contributed by atoms with Crippen LogP contribution in [0.1, 0.15) is 37.4 Å². The number of para-hydroxylation sites is 1. The Hall–Kier alpha value is -2.92. The van der Waals surface area contributed by atoms with Crippen molar-refractivity contribution in [3.63, 3.8) is 0 Å². The molecular formula is C33H36N2O2S. The van der Waals surface area contributed by atoms with Crippen molar-refractivity contribution in [3.05, 3.63) is 102 Å². The van der Waals surface area contributed by atoms with E-state index in [0.717, 1.165) is 30.5 Å². The summed E-state index contributed by atoms with van der Waals surface area (Å²) in [4.78, 5) is 5.16. The number of benzene rings is 1. The monoisotopic (exact) mass is 524 g/mol. The number of phenols is 1. The summed E-state index contributed by atoms with van der Waals surface area (Å²) in [6, 6.07) is 7.45. The van der Waals surface area contributed by atoms with Gasteiger partial charge in [0, 0.05) is 22.1 Å². The van der Waals surface area contributed by atoms with E-state index in [2.05, 4.69) is 77.8 Å². The Balaban J connectivity index is 1.22. The molecule has 9 atom stereocenters. The molecule has 5 heteroatoms. The number of nitrogens with one attached hydrogen (secondary N) is 1. The average Bonchev–Trinajstić information content (AvgIpc) is 3.35. The number of hydrogen-bond acceptors (Lipinski definition) is 5. The summed E-state index contributed by atoms with van der Waals surface area (Å²) in [5.41, 5.74) is 3.13. The molecule has 4 aliphatic carbocycles. The first-order valence-electron chi connectivity index (χ1n) is 14.1. The van der Waals surface area contributed by atoms with E-state index in [1.54, 1.807) is 13.2 Å². The quantitative estimate of drug-likeness (QED) is 0.422. The first-order chi connectivity index (χ1) is 18.7. The van der Waals surface area contributed by atoms with Crippen LogP contribution in [0.2, 0.25) is 0 Å². The highest BCUT2D eigenvalue weighted by atomic mass is 32.2. The first-order valence-corrected chi connectivity index (χ1v) is 15.1. The maximum Gasteiger partial charge on any atom is 0.190 e. The predicted octanol–water partition coefficient (Wildman–Crippen LogP) is 6.87. The zero-order valence-corrected chi connectivity index (χ0v) is 22.6. The van der Waals surface area contributed by atoms with Crippen LogP contribution in [-0.2, 0) is 4.74 Å². The standard InChI is InChI=1S/C33H36N2O2S/c1-37-31-19-27(34-33(35-31)24-13-7-8-14-28(24)36)26-18-30-32(23-12-6-5-11-22(23)26)25-16-15-21(17-29(25)38-30)20-9-3-2-4-10-20/h2-4,6-9,12-16,18-23,25,29-30,32-33,35-36H,5,10-11,17H2,1H3. The number of ether oxygens (including phenoxy) is 1. The zero-order valence-electron chi connectivity index (χ0n) is 21.8. The highest BCUT2D eigenvalue weighted by Gasteiger charge is 2.52. The van der Waals surface area contributed by atoms with Crippen molar-refractivity contribution < 1.29 is 9.84 Å². The van der Waals surface area contributed by atoms with Crippen molar-refractivity contribution in [1.29, 1.82) is 0 Å². The molecule has 38 heavy (non-hydrogen) atoms. The van der Waals surface area contributed by atoms with E-state index in [0.29, 0.717) is 51.9 Å². The normalized spacial score (nSPS) is 38.8. The molecule has 1 fully saturated rings. The molecule has 6 aliphatic rings. The van der Waals surface area contributed by atoms with E-state index < -0.39 is 0 Å². The zero-order chi connectivity index (χ0) is 25.6. The average molecular weight is 525 g/mol. The Morgan fingerprint density at radius 3 is 2.79 bits per heavy atom. The molecular weight excluding hydrogens is 488 g/mol. The largest absolute Gasteiger partial charge is 0.508 e. The molecule has 0 aromatic heterocycles. The van der Waals surface area contributed by atoms with Gasteiger partial charge in [-0.3, -0.25) is 4.99 Å². The smallest absolute Gasteiger partial charge is 0.190 e. The van der Waals surface area contributed by atoms with Crippen LogP contribution >= 0.6 is 11.8 Å². The second-order valence-corrected chi connectivity index (χ2v) is 12.9. The van der Waals surface area contributed by atoms with Crippen molar-refractivity contribution in [3.8, 4) is 5.75 Å². The van der Waals surface area contributed by atoms with Crippen LogP contribution in [0, 0.1) is 35.5 Å². The molecule has 7 rings (SSSR count). The van der Waals surface area contributed by atoms with E-state index >= 15 is 0 Å². The Bertz CT molecular complexity index is 1300. The number of hydrogen-bond donors (Lipinski definition) is 2. The number of aromatic hydroxyl groups is 1. The summed E-state index contributed by atoms with van der Waals surface area (Å²) in [6.45, 7) is 0. The number of nitrogens with zero attached hydrogens (tertiary/aromatic N) is 1. The van der Waals surface area contributed by atoms with Gasteiger partial charge in [-0.1, -0.05) is 72.9 Å². The second-order valence-electron chi connectivity index (χ2n) is 11.4. The fraction of sp³-hybridized carbons (Fsp3) is 0.424. The number of methoxy groups -OCH3 is 1. The fourth-order valence-electron chi connectivity index (χ4n) is 7.64. The fourth-order valence-corrected chi connectivity index (χ4v) is 9.60. The molecule has 0 amide bonds. The number of allylic oxidation sites excluding steroid dienone is 10. The van der Waals surface area contributed by atoms with E-state index in [4.69, 9.17) is 9.73 Å². The summed E-state index contributed by atoms with van der Waals surface area (Å²) in [6.07, 6.45) is 28.2.